The Kier molecular flexibility index (Phi) is 5.84. The largest absolute Gasteiger partial charge is 0.324 e. The van der Waals surface area contributed by atoms with Gasteiger partial charge in [0.1, 0.15) is 5.82 Å². The van der Waals surface area contributed by atoms with Gasteiger partial charge < -0.3 is 5.32 Å². The molecule has 0 saturated heterocycles. The van der Waals surface area contributed by atoms with Gasteiger partial charge in [-0.25, -0.2) is 12.8 Å². The number of rotatable bonds is 7. The predicted octanol–water partition coefficient (Wildman–Crippen LogP) is 1.60. The van der Waals surface area contributed by atoms with Crippen molar-refractivity contribution < 1.29 is 17.6 Å². The lowest BCUT2D eigenvalue weighted by Gasteiger charge is -2.17. The van der Waals surface area contributed by atoms with Gasteiger partial charge in [-0.3, -0.25) is 4.79 Å². The summed E-state index contributed by atoms with van der Waals surface area (Å²) in [6, 6.07) is 5.78. The van der Waals surface area contributed by atoms with E-state index in [0.717, 1.165) is 10.6 Å². The van der Waals surface area contributed by atoms with E-state index in [-0.39, 0.29) is 25.2 Å². The second-order valence-corrected chi connectivity index (χ2v) is 6.17. The van der Waals surface area contributed by atoms with Crippen LogP contribution in [0.5, 0.6) is 0 Å². The Balaban J connectivity index is 2.59. The molecular formula is C13H17FN2O3S. The average molecular weight is 300 g/mol. The van der Waals surface area contributed by atoms with E-state index in [9.17, 15) is 17.6 Å². The van der Waals surface area contributed by atoms with Gasteiger partial charge in [-0.2, -0.15) is 4.31 Å². The van der Waals surface area contributed by atoms with Gasteiger partial charge in [-0.15, -0.1) is 6.58 Å². The smallest absolute Gasteiger partial charge is 0.225 e. The molecule has 20 heavy (non-hydrogen) atoms. The monoisotopic (exact) mass is 300 g/mol. The number of anilines is 1. The Labute approximate surface area is 118 Å². The number of benzene rings is 1. The molecule has 1 aromatic rings. The van der Waals surface area contributed by atoms with Gasteiger partial charge in [0.15, 0.2) is 0 Å². The fourth-order valence-electron chi connectivity index (χ4n) is 1.54. The van der Waals surface area contributed by atoms with Crippen LogP contribution < -0.4 is 5.32 Å². The topological polar surface area (TPSA) is 66.5 Å². The van der Waals surface area contributed by atoms with Crippen molar-refractivity contribution in [3.8, 4) is 0 Å². The van der Waals surface area contributed by atoms with Crippen LogP contribution in [0.3, 0.4) is 0 Å². The predicted molar refractivity (Wildman–Crippen MR) is 76.3 cm³/mol. The third kappa shape index (κ3) is 5.10. The number of para-hydroxylation sites is 1. The summed E-state index contributed by atoms with van der Waals surface area (Å²) in [6.07, 6.45) is 2.44. The molecule has 1 N–H and O–H groups in total. The Morgan fingerprint density at radius 3 is 2.65 bits per heavy atom. The number of sulfonamides is 1. The molecule has 0 radical (unpaired) electrons. The number of halogens is 1. The van der Waals surface area contributed by atoms with E-state index in [1.807, 2.05) is 0 Å². The van der Waals surface area contributed by atoms with Crippen LogP contribution in [0.4, 0.5) is 10.1 Å². The summed E-state index contributed by atoms with van der Waals surface area (Å²) < 4.78 is 37.3. The number of hydrogen-bond acceptors (Lipinski definition) is 3. The van der Waals surface area contributed by atoms with Gasteiger partial charge in [0.05, 0.1) is 11.9 Å². The van der Waals surface area contributed by atoms with E-state index in [1.54, 1.807) is 6.07 Å². The van der Waals surface area contributed by atoms with Gasteiger partial charge in [-0.1, -0.05) is 18.2 Å². The van der Waals surface area contributed by atoms with E-state index < -0.39 is 21.7 Å². The molecule has 110 valence electrons. The zero-order valence-electron chi connectivity index (χ0n) is 11.2. The average Bonchev–Trinajstić information content (AvgIpc) is 2.36. The Hall–Kier alpha value is -1.73. The van der Waals surface area contributed by atoms with E-state index >= 15 is 0 Å². The summed E-state index contributed by atoms with van der Waals surface area (Å²) in [5.41, 5.74) is 0.0760. The maximum atomic E-state index is 13.3. The molecule has 5 nitrogen and oxygen atoms in total. The van der Waals surface area contributed by atoms with Gasteiger partial charge in [0.25, 0.3) is 0 Å². The lowest BCUT2D eigenvalue weighted by Crippen LogP contribution is -2.33. The minimum Gasteiger partial charge on any atom is -0.324 e. The first-order valence-electron chi connectivity index (χ1n) is 5.95. The SMILES string of the molecule is C=CCN(CCC(=O)Nc1ccccc1F)S(C)(=O)=O. The highest BCUT2D eigenvalue weighted by Gasteiger charge is 2.16. The maximum Gasteiger partial charge on any atom is 0.225 e. The second-order valence-electron chi connectivity index (χ2n) is 4.19. The third-order valence-electron chi connectivity index (χ3n) is 2.54. The van der Waals surface area contributed by atoms with Gasteiger partial charge >= 0.3 is 0 Å². The number of nitrogens with zero attached hydrogens (tertiary/aromatic N) is 1. The van der Waals surface area contributed by atoms with Crippen LogP contribution in [0, 0.1) is 5.82 Å². The van der Waals surface area contributed by atoms with Crippen molar-refractivity contribution >= 4 is 21.6 Å². The lowest BCUT2D eigenvalue weighted by molar-refractivity contribution is -0.116. The molecule has 0 unspecified atom stereocenters. The van der Waals surface area contributed by atoms with Crippen LogP contribution in [0.25, 0.3) is 0 Å². The normalized spacial score (nSPS) is 11.3. The van der Waals surface area contributed by atoms with Crippen LogP contribution >= 0.6 is 0 Å². The molecule has 0 aliphatic rings. The first-order chi connectivity index (χ1) is 9.34. The molecule has 0 aliphatic heterocycles. The Bertz CT molecular complexity index is 587. The molecule has 1 rings (SSSR count). The fourth-order valence-corrected chi connectivity index (χ4v) is 2.34. The number of amides is 1. The first kappa shape index (κ1) is 16.3. The number of hydrogen-bond donors (Lipinski definition) is 1. The minimum atomic E-state index is -3.40. The van der Waals surface area contributed by atoms with E-state index in [4.69, 9.17) is 0 Å². The van der Waals surface area contributed by atoms with Gasteiger partial charge in [-0.05, 0) is 12.1 Å². The summed E-state index contributed by atoms with van der Waals surface area (Å²) in [5, 5.41) is 2.40. The summed E-state index contributed by atoms with van der Waals surface area (Å²) in [7, 11) is -3.40. The van der Waals surface area contributed by atoms with Crippen molar-refractivity contribution in [2.45, 2.75) is 6.42 Å². The van der Waals surface area contributed by atoms with Crippen molar-refractivity contribution in [1.82, 2.24) is 4.31 Å². The molecule has 1 amide bonds. The third-order valence-corrected chi connectivity index (χ3v) is 3.81. The highest BCUT2D eigenvalue weighted by Crippen LogP contribution is 2.12. The zero-order chi connectivity index (χ0) is 15.2. The molecule has 0 heterocycles. The number of carbonyl (C=O) groups is 1. The molecule has 0 saturated carbocycles. The first-order valence-corrected chi connectivity index (χ1v) is 7.80. The van der Waals surface area contributed by atoms with E-state index in [1.165, 1.54) is 24.3 Å². The fraction of sp³-hybridized carbons (Fsp3) is 0.308. The maximum absolute atomic E-state index is 13.3. The highest BCUT2D eigenvalue weighted by molar-refractivity contribution is 7.88. The second kappa shape index (κ2) is 7.16. The van der Waals surface area contributed by atoms with Crippen LogP contribution in [0.2, 0.25) is 0 Å². The molecule has 0 aliphatic carbocycles. The van der Waals surface area contributed by atoms with Crippen molar-refractivity contribution in [3.63, 3.8) is 0 Å². The summed E-state index contributed by atoms with van der Waals surface area (Å²) in [4.78, 5) is 11.7. The summed E-state index contributed by atoms with van der Waals surface area (Å²) in [6.45, 7) is 3.61. The number of carbonyl (C=O) groups excluding carboxylic acids is 1. The highest BCUT2D eigenvalue weighted by atomic mass is 32.2. The van der Waals surface area contributed by atoms with Crippen molar-refractivity contribution in [3.05, 3.63) is 42.7 Å². The van der Waals surface area contributed by atoms with Gasteiger partial charge in [0, 0.05) is 19.5 Å². The lowest BCUT2D eigenvalue weighted by atomic mass is 10.3. The van der Waals surface area contributed by atoms with E-state index in [2.05, 4.69) is 11.9 Å². The summed E-state index contributed by atoms with van der Waals surface area (Å²) >= 11 is 0. The van der Waals surface area contributed by atoms with Crippen LogP contribution in [-0.2, 0) is 14.8 Å². The van der Waals surface area contributed by atoms with Crippen LogP contribution in [-0.4, -0.2) is 38.0 Å². The number of nitrogens with one attached hydrogen (secondary N) is 1. The molecule has 1 aromatic carbocycles. The molecule has 0 atom stereocenters. The van der Waals surface area contributed by atoms with Crippen molar-refractivity contribution in [1.29, 1.82) is 0 Å². The quantitative estimate of drug-likeness (QED) is 0.778. The van der Waals surface area contributed by atoms with Crippen molar-refractivity contribution in [2.75, 3.05) is 24.7 Å². The van der Waals surface area contributed by atoms with Crippen molar-refractivity contribution in [2.24, 2.45) is 0 Å². The Morgan fingerprint density at radius 2 is 2.10 bits per heavy atom. The molecule has 0 spiro atoms. The van der Waals surface area contributed by atoms with Crippen LogP contribution in [0.1, 0.15) is 6.42 Å². The molecule has 7 heteroatoms. The molecule has 0 fully saturated rings. The molecular weight excluding hydrogens is 283 g/mol. The molecule has 0 bridgehead atoms. The van der Waals surface area contributed by atoms with E-state index in [0.29, 0.717) is 0 Å². The molecule has 0 aromatic heterocycles. The zero-order valence-corrected chi connectivity index (χ0v) is 12.0. The van der Waals surface area contributed by atoms with Crippen LogP contribution in [0.15, 0.2) is 36.9 Å². The minimum absolute atomic E-state index is 0.0190. The standard InChI is InChI=1S/C13H17FN2O3S/c1-3-9-16(20(2,18)19)10-8-13(17)15-12-7-5-4-6-11(12)14/h3-7H,1,8-10H2,2H3,(H,15,17). The Morgan fingerprint density at radius 1 is 1.45 bits per heavy atom. The van der Waals surface area contributed by atoms with Gasteiger partial charge in [0.2, 0.25) is 15.9 Å². The summed E-state index contributed by atoms with van der Waals surface area (Å²) in [5.74, 6) is -0.986.